The molecule has 32 heavy (non-hydrogen) atoms. The highest BCUT2D eigenvalue weighted by Gasteiger charge is 2.27. The summed E-state index contributed by atoms with van der Waals surface area (Å²) in [7, 11) is 3.53. The molecule has 3 aromatic rings. The number of nitrogens with zero attached hydrogens (tertiary/aromatic N) is 6. The van der Waals surface area contributed by atoms with Gasteiger partial charge in [0, 0.05) is 38.9 Å². The lowest BCUT2D eigenvalue weighted by atomic mass is 10.2. The predicted octanol–water partition coefficient (Wildman–Crippen LogP) is 3.06. The second-order valence-electron chi connectivity index (χ2n) is 7.97. The summed E-state index contributed by atoms with van der Waals surface area (Å²) in [5, 5.41) is 0.461. The van der Waals surface area contributed by atoms with Gasteiger partial charge in [0.25, 0.3) is 0 Å². The Hall–Kier alpha value is -3.04. The molecule has 1 atom stereocenters. The molecule has 0 N–H and O–H groups in total. The summed E-state index contributed by atoms with van der Waals surface area (Å²) < 4.78 is 19.2. The monoisotopic (exact) mass is 456 g/mol. The molecule has 9 nitrogen and oxygen atoms in total. The molecule has 0 radical (unpaired) electrons. The van der Waals surface area contributed by atoms with Gasteiger partial charge in [-0.25, -0.2) is 15.0 Å². The van der Waals surface area contributed by atoms with Gasteiger partial charge in [-0.1, -0.05) is 11.6 Å². The average Bonchev–Trinajstić information content (AvgIpc) is 3.41. The molecular formula is C22H25ClN6O3. The van der Waals surface area contributed by atoms with Crippen molar-refractivity contribution in [3.63, 3.8) is 0 Å². The molecule has 2 aliphatic rings. The number of likely N-dealkylation sites (tertiary alicyclic amines) is 1. The molecular weight excluding hydrogens is 432 g/mol. The van der Waals surface area contributed by atoms with Crippen molar-refractivity contribution < 1.29 is 14.2 Å². The Labute approximate surface area is 191 Å². The van der Waals surface area contributed by atoms with Gasteiger partial charge in [0.1, 0.15) is 17.7 Å². The SMILES string of the molecule is COc1ncc(N2CCOc3cnc(OC4CCN(Cc5cn(C)cn5)C4)cc32)cc1Cl. The number of fused-ring (bicyclic) bond motifs is 1. The van der Waals surface area contributed by atoms with Crippen LogP contribution in [0.2, 0.25) is 5.02 Å². The maximum Gasteiger partial charge on any atom is 0.232 e. The van der Waals surface area contributed by atoms with Gasteiger partial charge in [-0.2, -0.15) is 0 Å². The molecule has 5 rings (SSSR count). The lowest BCUT2D eigenvalue weighted by Gasteiger charge is -2.31. The Morgan fingerprint density at radius 1 is 1.19 bits per heavy atom. The van der Waals surface area contributed by atoms with Crippen molar-refractivity contribution >= 4 is 23.0 Å². The molecule has 10 heteroatoms. The van der Waals surface area contributed by atoms with Crippen LogP contribution in [0.5, 0.6) is 17.5 Å². The number of anilines is 2. The van der Waals surface area contributed by atoms with Gasteiger partial charge in [-0.15, -0.1) is 0 Å². The number of ether oxygens (including phenoxy) is 3. The number of hydrogen-bond acceptors (Lipinski definition) is 8. The van der Waals surface area contributed by atoms with Gasteiger partial charge in [-0.3, -0.25) is 4.90 Å². The van der Waals surface area contributed by atoms with E-state index in [0.29, 0.717) is 35.7 Å². The number of imidazole rings is 1. The first kappa shape index (κ1) is 20.8. The van der Waals surface area contributed by atoms with Crippen LogP contribution in [0.3, 0.4) is 0 Å². The molecule has 0 aliphatic carbocycles. The van der Waals surface area contributed by atoms with E-state index in [1.807, 2.05) is 36.3 Å². The molecule has 0 aromatic carbocycles. The smallest absolute Gasteiger partial charge is 0.232 e. The Morgan fingerprint density at radius 2 is 2.09 bits per heavy atom. The standard InChI is InChI=1S/C22H25ClN6O3/c1-27-11-15(26-14-27)12-28-4-3-17(13-28)32-21-8-19-20(10-24-21)31-6-5-29(19)16-7-18(23)22(30-2)25-9-16/h7-11,14,17H,3-6,12-13H2,1-2H3. The molecule has 3 aromatic heterocycles. The first-order valence-electron chi connectivity index (χ1n) is 10.5. The molecule has 1 fully saturated rings. The zero-order valence-electron chi connectivity index (χ0n) is 18.1. The quantitative estimate of drug-likeness (QED) is 0.560. The van der Waals surface area contributed by atoms with E-state index in [4.69, 9.17) is 25.8 Å². The van der Waals surface area contributed by atoms with Crippen molar-refractivity contribution in [2.75, 3.05) is 38.3 Å². The van der Waals surface area contributed by atoms with Gasteiger partial charge in [0.2, 0.25) is 11.8 Å². The van der Waals surface area contributed by atoms with E-state index in [1.54, 1.807) is 19.5 Å². The van der Waals surface area contributed by atoms with Crippen LogP contribution in [0.25, 0.3) is 0 Å². The van der Waals surface area contributed by atoms with Crippen LogP contribution in [-0.2, 0) is 13.6 Å². The molecule has 1 unspecified atom stereocenters. The van der Waals surface area contributed by atoms with E-state index in [0.717, 1.165) is 43.1 Å². The number of aryl methyl sites for hydroxylation is 1. The number of pyridine rings is 2. The maximum atomic E-state index is 6.30. The van der Waals surface area contributed by atoms with Gasteiger partial charge >= 0.3 is 0 Å². The second-order valence-corrected chi connectivity index (χ2v) is 8.38. The molecule has 168 valence electrons. The van der Waals surface area contributed by atoms with Crippen LogP contribution in [0.15, 0.2) is 37.1 Å². The molecule has 5 heterocycles. The van der Waals surface area contributed by atoms with Gasteiger partial charge in [0.15, 0.2) is 5.75 Å². The first-order valence-corrected chi connectivity index (χ1v) is 10.9. The Bertz CT molecular complexity index is 1110. The maximum absolute atomic E-state index is 6.30. The minimum absolute atomic E-state index is 0.0827. The van der Waals surface area contributed by atoms with Crippen molar-refractivity contribution in [1.29, 1.82) is 0 Å². The largest absolute Gasteiger partial charge is 0.488 e. The number of halogens is 1. The minimum atomic E-state index is 0.0827. The van der Waals surface area contributed by atoms with Crippen LogP contribution in [0.4, 0.5) is 11.4 Å². The first-order chi connectivity index (χ1) is 15.6. The Kier molecular flexibility index (Phi) is 5.75. The minimum Gasteiger partial charge on any atom is -0.488 e. The average molecular weight is 457 g/mol. The van der Waals surface area contributed by atoms with Gasteiger partial charge in [0.05, 0.1) is 49.4 Å². The highest BCUT2D eigenvalue weighted by atomic mass is 35.5. The molecule has 0 spiro atoms. The molecule has 0 bridgehead atoms. The fourth-order valence-electron chi connectivity index (χ4n) is 4.13. The topological polar surface area (TPSA) is 77.8 Å². The van der Waals surface area contributed by atoms with Crippen molar-refractivity contribution in [3.05, 3.63) is 47.8 Å². The lowest BCUT2D eigenvalue weighted by molar-refractivity contribution is 0.190. The number of methoxy groups -OCH3 is 1. The summed E-state index contributed by atoms with van der Waals surface area (Å²) in [6.45, 7) is 3.85. The summed E-state index contributed by atoms with van der Waals surface area (Å²) in [6.07, 6.45) is 8.37. The lowest BCUT2D eigenvalue weighted by Crippen LogP contribution is -2.29. The van der Waals surface area contributed by atoms with Crippen molar-refractivity contribution in [1.82, 2.24) is 24.4 Å². The van der Waals surface area contributed by atoms with E-state index in [9.17, 15) is 0 Å². The fraction of sp³-hybridized carbons (Fsp3) is 0.409. The Morgan fingerprint density at radius 3 is 2.88 bits per heavy atom. The fourth-order valence-corrected chi connectivity index (χ4v) is 4.37. The van der Waals surface area contributed by atoms with Gasteiger partial charge < -0.3 is 23.7 Å². The van der Waals surface area contributed by atoms with E-state index >= 15 is 0 Å². The van der Waals surface area contributed by atoms with E-state index < -0.39 is 0 Å². The molecule has 2 aliphatic heterocycles. The zero-order valence-corrected chi connectivity index (χ0v) is 18.8. The molecule has 0 saturated carbocycles. The molecule has 0 amide bonds. The van der Waals surface area contributed by atoms with Crippen LogP contribution in [0.1, 0.15) is 12.1 Å². The Balaban J connectivity index is 1.30. The van der Waals surface area contributed by atoms with Crippen molar-refractivity contribution in [2.24, 2.45) is 7.05 Å². The van der Waals surface area contributed by atoms with E-state index in [2.05, 4.69) is 24.8 Å². The number of rotatable bonds is 6. The van der Waals surface area contributed by atoms with Gasteiger partial charge in [-0.05, 0) is 12.5 Å². The van der Waals surface area contributed by atoms with Crippen LogP contribution < -0.4 is 19.1 Å². The van der Waals surface area contributed by atoms with E-state index in [1.165, 1.54) is 0 Å². The highest BCUT2D eigenvalue weighted by Crippen LogP contribution is 2.39. The van der Waals surface area contributed by atoms with Crippen LogP contribution in [0, 0.1) is 0 Å². The van der Waals surface area contributed by atoms with Crippen molar-refractivity contribution in [3.8, 4) is 17.5 Å². The third-order valence-corrected chi connectivity index (χ3v) is 5.91. The number of aromatic nitrogens is 4. The van der Waals surface area contributed by atoms with Crippen molar-refractivity contribution in [2.45, 2.75) is 19.1 Å². The summed E-state index contributed by atoms with van der Waals surface area (Å²) in [5.74, 6) is 1.69. The van der Waals surface area contributed by atoms with Crippen LogP contribution in [-0.4, -0.2) is 63.9 Å². The number of hydrogen-bond donors (Lipinski definition) is 0. The van der Waals surface area contributed by atoms with Crippen LogP contribution >= 0.6 is 11.6 Å². The predicted molar refractivity (Wildman–Crippen MR) is 120 cm³/mol. The summed E-state index contributed by atoms with van der Waals surface area (Å²) >= 11 is 6.30. The summed E-state index contributed by atoms with van der Waals surface area (Å²) in [6, 6.07) is 3.77. The second kappa shape index (κ2) is 8.84. The molecule has 1 saturated heterocycles. The normalized spacial score (nSPS) is 18.3. The highest BCUT2D eigenvalue weighted by molar-refractivity contribution is 6.32. The third kappa shape index (κ3) is 4.31. The van der Waals surface area contributed by atoms with E-state index in [-0.39, 0.29) is 6.10 Å². The third-order valence-electron chi connectivity index (χ3n) is 5.64. The summed E-state index contributed by atoms with van der Waals surface area (Å²) in [4.78, 5) is 17.6. The summed E-state index contributed by atoms with van der Waals surface area (Å²) in [5.41, 5.74) is 2.81. The zero-order chi connectivity index (χ0) is 22.1.